The summed E-state index contributed by atoms with van der Waals surface area (Å²) in [7, 11) is -3.76. The van der Waals surface area contributed by atoms with E-state index < -0.39 is 10.0 Å². The molecule has 2 aromatic carbocycles. The van der Waals surface area contributed by atoms with Crippen molar-refractivity contribution in [1.82, 2.24) is 24.8 Å². The van der Waals surface area contributed by atoms with Crippen LogP contribution in [0.1, 0.15) is 0 Å². The number of nitrogens with one attached hydrogen (secondary N) is 1. The van der Waals surface area contributed by atoms with Crippen LogP contribution in [-0.4, -0.2) is 33.2 Å². The second-order valence-electron chi connectivity index (χ2n) is 6.89. The first-order valence-corrected chi connectivity index (χ1v) is 11.4. The van der Waals surface area contributed by atoms with E-state index in [1.165, 1.54) is 24.3 Å². The molecule has 0 amide bonds. The molecule has 5 rings (SSSR count). The normalized spacial score (nSPS) is 11.5. The molecule has 0 spiro atoms. The molecule has 32 heavy (non-hydrogen) atoms. The van der Waals surface area contributed by atoms with E-state index in [-0.39, 0.29) is 4.90 Å². The van der Waals surface area contributed by atoms with Crippen molar-refractivity contribution in [3.05, 3.63) is 90.2 Å². The summed E-state index contributed by atoms with van der Waals surface area (Å²) < 4.78 is 29.6. The first-order chi connectivity index (χ1) is 15.5. The predicted octanol–water partition coefficient (Wildman–Crippen LogP) is 4.31. The minimum atomic E-state index is -3.76. The van der Waals surface area contributed by atoms with E-state index in [4.69, 9.17) is 11.6 Å². The van der Waals surface area contributed by atoms with Gasteiger partial charge >= 0.3 is 0 Å². The van der Waals surface area contributed by atoms with Gasteiger partial charge in [0.1, 0.15) is 0 Å². The summed E-state index contributed by atoms with van der Waals surface area (Å²) in [5.41, 5.74) is 3.15. The van der Waals surface area contributed by atoms with E-state index in [2.05, 4.69) is 25.0 Å². The monoisotopic (exact) mass is 462 g/mol. The van der Waals surface area contributed by atoms with Crippen molar-refractivity contribution < 1.29 is 8.42 Å². The van der Waals surface area contributed by atoms with Crippen molar-refractivity contribution in [1.29, 1.82) is 0 Å². The lowest BCUT2D eigenvalue weighted by molar-refractivity contribution is 0.601. The number of halogens is 1. The molecule has 3 heterocycles. The summed E-state index contributed by atoms with van der Waals surface area (Å²) in [6, 6.07) is 20.3. The zero-order valence-electron chi connectivity index (χ0n) is 16.4. The highest BCUT2D eigenvalue weighted by molar-refractivity contribution is 7.92. The number of pyridine rings is 1. The van der Waals surface area contributed by atoms with Crippen LogP contribution >= 0.6 is 11.6 Å². The third-order valence-electron chi connectivity index (χ3n) is 4.72. The highest BCUT2D eigenvalue weighted by Crippen LogP contribution is 2.25. The molecule has 0 saturated carbocycles. The molecule has 0 atom stereocenters. The number of hydrogen-bond acceptors (Lipinski definition) is 6. The number of sulfonamides is 1. The largest absolute Gasteiger partial charge is 0.280 e. The van der Waals surface area contributed by atoms with Gasteiger partial charge in [0, 0.05) is 34.2 Å². The lowest BCUT2D eigenvalue weighted by Crippen LogP contribution is -2.12. The molecule has 3 aromatic heterocycles. The third kappa shape index (κ3) is 3.91. The van der Waals surface area contributed by atoms with Gasteiger partial charge in [-0.15, -0.1) is 10.2 Å². The molecule has 5 aromatic rings. The van der Waals surface area contributed by atoms with E-state index in [1.54, 1.807) is 41.2 Å². The molecule has 0 fully saturated rings. The summed E-state index contributed by atoms with van der Waals surface area (Å²) in [4.78, 5) is 4.24. The van der Waals surface area contributed by atoms with Gasteiger partial charge in [0.05, 0.1) is 10.6 Å². The molecule has 0 saturated heterocycles. The van der Waals surface area contributed by atoms with Gasteiger partial charge in [-0.2, -0.15) is 9.61 Å². The molecule has 0 aliphatic heterocycles. The van der Waals surface area contributed by atoms with Crippen LogP contribution in [-0.2, 0) is 10.0 Å². The van der Waals surface area contributed by atoms with Gasteiger partial charge in [0.15, 0.2) is 11.5 Å². The number of aromatic nitrogens is 5. The Morgan fingerprint density at radius 2 is 1.69 bits per heavy atom. The Hall–Kier alpha value is -3.82. The zero-order chi connectivity index (χ0) is 22.1. The molecule has 0 aliphatic rings. The number of benzene rings is 2. The van der Waals surface area contributed by atoms with Crippen molar-refractivity contribution in [2.24, 2.45) is 0 Å². The van der Waals surface area contributed by atoms with Gasteiger partial charge < -0.3 is 0 Å². The number of fused-ring (bicyclic) bond motifs is 1. The number of hydrogen-bond donors (Lipinski definition) is 1. The van der Waals surface area contributed by atoms with Crippen LogP contribution in [0.15, 0.2) is 90.1 Å². The SMILES string of the molecule is O=S(=O)(Nc1cccc(-c2ccc3nnc(-c4cccnc4)n3n2)c1)c1ccc(Cl)cc1. The van der Waals surface area contributed by atoms with Crippen molar-refractivity contribution >= 4 is 33.0 Å². The molecule has 10 heteroatoms. The summed E-state index contributed by atoms with van der Waals surface area (Å²) in [5.74, 6) is 0.564. The maximum absolute atomic E-state index is 12.7. The highest BCUT2D eigenvalue weighted by Gasteiger charge is 2.15. The molecule has 0 aliphatic carbocycles. The Morgan fingerprint density at radius 3 is 2.47 bits per heavy atom. The average molecular weight is 463 g/mol. The van der Waals surface area contributed by atoms with Crippen LogP contribution in [0.2, 0.25) is 5.02 Å². The first-order valence-electron chi connectivity index (χ1n) is 9.51. The van der Waals surface area contributed by atoms with E-state index in [9.17, 15) is 8.42 Å². The first kappa shape index (κ1) is 20.1. The van der Waals surface area contributed by atoms with Crippen LogP contribution in [0.25, 0.3) is 28.3 Å². The molecule has 0 bridgehead atoms. The Kier molecular flexibility index (Phi) is 5.04. The molecule has 1 N–H and O–H groups in total. The predicted molar refractivity (Wildman–Crippen MR) is 122 cm³/mol. The molecule has 158 valence electrons. The molecular formula is C22H15ClN6O2S. The van der Waals surface area contributed by atoms with Crippen LogP contribution in [0.4, 0.5) is 5.69 Å². The van der Waals surface area contributed by atoms with E-state index in [1.807, 2.05) is 24.3 Å². The van der Waals surface area contributed by atoms with Crippen molar-refractivity contribution in [2.45, 2.75) is 4.90 Å². The standard InChI is InChI=1S/C22H15ClN6O2S/c23-17-6-8-19(9-7-17)32(30,31)28-18-5-1-3-15(13-18)20-10-11-21-25-26-22(29(21)27-20)16-4-2-12-24-14-16/h1-14,28H. The summed E-state index contributed by atoms with van der Waals surface area (Å²) >= 11 is 5.86. The fraction of sp³-hybridized carbons (Fsp3) is 0. The molecule has 0 radical (unpaired) electrons. The van der Waals surface area contributed by atoms with Gasteiger partial charge in [-0.05, 0) is 60.7 Å². The Morgan fingerprint density at radius 1 is 0.875 bits per heavy atom. The lowest BCUT2D eigenvalue weighted by atomic mass is 10.1. The molecule has 0 unspecified atom stereocenters. The summed E-state index contributed by atoms with van der Waals surface area (Å²) in [6.45, 7) is 0. The summed E-state index contributed by atoms with van der Waals surface area (Å²) in [6.07, 6.45) is 3.37. The maximum Gasteiger partial charge on any atom is 0.261 e. The molecule has 8 nitrogen and oxygen atoms in total. The van der Waals surface area contributed by atoms with Gasteiger partial charge in [0.25, 0.3) is 10.0 Å². The van der Waals surface area contributed by atoms with Gasteiger partial charge in [-0.1, -0.05) is 23.7 Å². The van der Waals surface area contributed by atoms with Crippen molar-refractivity contribution in [2.75, 3.05) is 4.72 Å². The van der Waals surface area contributed by atoms with Crippen LogP contribution in [0.3, 0.4) is 0 Å². The van der Waals surface area contributed by atoms with Gasteiger partial charge in [0.2, 0.25) is 0 Å². The van der Waals surface area contributed by atoms with Gasteiger partial charge in [-0.25, -0.2) is 8.42 Å². The van der Waals surface area contributed by atoms with E-state index in [0.717, 1.165) is 11.1 Å². The lowest BCUT2D eigenvalue weighted by Gasteiger charge is -2.10. The number of anilines is 1. The van der Waals surface area contributed by atoms with Crippen LogP contribution < -0.4 is 4.72 Å². The third-order valence-corrected chi connectivity index (χ3v) is 6.37. The fourth-order valence-electron chi connectivity index (χ4n) is 3.19. The van der Waals surface area contributed by atoms with Crippen molar-refractivity contribution in [3.63, 3.8) is 0 Å². The Labute approximate surface area is 188 Å². The minimum Gasteiger partial charge on any atom is -0.280 e. The van der Waals surface area contributed by atoms with E-state index in [0.29, 0.717) is 27.9 Å². The van der Waals surface area contributed by atoms with Crippen LogP contribution in [0.5, 0.6) is 0 Å². The van der Waals surface area contributed by atoms with Crippen molar-refractivity contribution in [3.8, 4) is 22.6 Å². The summed E-state index contributed by atoms with van der Waals surface area (Å²) in [5, 5.41) is 13.5. The second kappa shape index (κ2) is 8.03. The Bertz CT molecular complexity index is 1520. The number of rotatable bonds is 5. The molecular weight excluding hydrogens is 448 g/mol. The fourth-order valence-corrected chi connectivity index (χ4v) is 4.36. The smallest absolute Gasteiger partial charge is 0.261 e. The average Bonchev–Trinajstić information content (AvgIpc) is 3.23. The highest BCUT2D eigenvalue weighted by atomic mass is 35.5. The minimum absolute atomic E-state index is 0.123. The quantitative estimate of drug-likeness (QED) is 0.417. The zero-order valence-corrected chi connectivity index (χ0v) is 18.0. The maximum atomic E-state index is 12.7. The number of nitrogens with zero attached hydrogens (tertiary/aromatic N) is 5. The van der Waals surface area contributed by atoms with Gasteiger partial charge in [-0.3, -0.25) is 9.71 Å². The Balaban J connectivity index is 1.50. The topological polar surface area (TPSA) is 102 Å². The van der Waals surface area contributed by atoms with E-state index >= 15 is 0 Å². The van der Waals surface area contributed by atoms with Crippen LogP contribution in [0, 0.1) is 0 Å². The second-order valence-corrected chi connectivity index (χ2v) is 9.01.